The summed E-state index contributed by atoms with van der Waals surface area (Å²) >= 11 is 0. The highest BCUT2D eigenvalue weighted by atomic mass is 16.1. The van der Waals surface area contributed by atoms with Gasteiger partial charge in [0.1, 0.15) is 0 Å². The number of rotatable bonds is 5. The summed E-state index contributed by atoms with van der Waals surface area (Å²) in [5.41, 5.74) is 3.59. The quantitative estimate of drug-likeness (QED) is 0.612. The average molecular weight is 231 g/mol. The van der Waals surface area contributed by atoms with Gasteiger partial charge in [0.15, 0.2) is 0 Å². The van der Waals surface area contributed by atoms with E-state index in [-0.39, 0.29) is 5.91 Å². The molecule has 17 heavy (non-hydrogen) atoms. The zero-order valence-corrected chi connectivity index (χ0v) is 10.9. The maximum absolute atomic E-state index is 11.6. The van der Waals surface area contributed by atoms with Crippen molar-refractivity contribution in [1.29, 1.82) is 0 Å². The highest BCUT2D eigenvalue weighted by Crippen LogP contribution is 2.10. The Bertz CT molecular complexity index is 407. The smallest absolute Gasteiger partial charge is 0.224 e. The first-order chi connectivity index (χ1) is 8.13. The van der Waals surface area contributed by atoms with E-state index in [1.165, 1.54) is 11.1 Å². The zero-order valence-electron chi connectivity index (χ0n) is 10.9. The first-order valence-corrected chi connectivity index (χ1v) is 6.07. The molecule has 0 atom stereocenters. The van der Waals surface area contributed by atoms with Crippen molar-refractivity contribution >= 4 is 5.91 Å². The standard InChI is InChI=1S/C15H21NO/c1-4-5-6-9-16-15(17)11-14-8-7-12(2)13(3)10-14/h4-5,7-8,10H,6,9,11H2,1-3H3,(H,16,17)/b5-4+. The van der Waals surface area contributed by atoms with E-state index < -0.39 is 0 Å². The monoisotopic (exact) mass is 231 g/mol. The Balaban J connectivity index is 2.42. The molecule has 0 aliphatic rings. The molecular formula is C15H21NO. The summed E-state index contributed by atoms with van der Waals surface area (Å²) < 4.78 is 0. The fraction of sp³-hybridized carbons (Fsp3) is 0.400. The first-order valence-electron chi connectivity index (χ1n) is 6.07. The fourth-order valence-electron chi connectivity index (χ4n) is 1.62. The molecule has 0 saturated carbocycles. The van der Waals surface area contributed by atoms with E-state index >= 15 is 0 Å². The molecule has 0 unspecified atom stereocenters. The van der Waals surface area contributed by atoms with E-state index in [1.807, 2.05) is 19.1 Å². The lowest BCUT2D eigenvalue weighted by Crippen LogP contribution is -2.25. The lowest BCUT2D eigenvalue weighted by molar-refractivity contribution is -0.120. The number of aryl methyl sites for hydroxylation is 2. The summed E-state index contributed by atoms with van der Waals surface area (Å²) in [7, 11) is 0. The molecule has 1 N–H and O–H groups in total. The van der Waals surface area contributed by atoms with E-state index in [1.54, 1.807) is 0 Å². The van der Waals surface area contributed by atoms with Crippen LogP contribution in [-0.4, -0.2) is 12.5 Å². The summed E-state index contributed by atoms with van der Waals surface area (Å²) in [4.78, 5) is 11.6. The van der Waals surface area contributed by atoms with Gasteiger partial charge in [-0.15, -0.1) is 0 Å². The number of allylic oxidation sites excluding steroid dienone is 1. The van der Waals surface area contributed by atoms with Crippen LogP contribution in [0.25, 0.3) is 0 Å². The Morgan fingerprint density at radius 2 is 2.06 bits per heavy atom. The van der Waals surface area contributed by atoms with Gasteiger partial charge in [0.25, 0.3) is 0 Å². The minimum Gasteiger partial charge on any atom is -0.356 e. The topological polar surface area (TPSA) is 29.1 Å². The highest BCUT2D eigenvalue weighted by molar-refractivity contribution is 5.78. The van der Waals surface area contributed by atoms with Crippen LogP contribution >= 0.6 is 0 Å². The molecule has 0 aliphatic carbocycles. The van der Waals surface area contributed by atoms with Gasteiger partial charge in [-0.05, 0) is 43.9 Å². The summed E-state index contributed by atoms with van der Waals surface area (Å²) in [5.74, 6) is 0.0951. The highest BCUT2D eigenvalue weighted by Gasteiger charge is 2.03. The second kappa shape index (κ2) is 6.89. The van der Waals surface area contributed by atoms with Crippen molar-refractivity contribution in [2.45, 2.75) is 33.6 Å². The Hall–Kier alpha value is -1.57. The van der Waals surface area contributed by atoms with Gasteiger partial charge in [-0.1, -0.05) is 30.4 Å². The molecule has 0 saturated heterocycles. The van der Waals surface area contributed by atoms with Crippen molar-refractivity contribution in [2.75, 3.05) is 6.54 Å². The average Bonchev–Trinajstić information content (AvgIpc) is 2.30. The molecule has 0 spiro atoms. The summed E-state index contributed by atoms with van der Waals surface area (Å²) in [6, 6.07) is 6.17. The second-order valence-electron chi connectivity index (χ2n) is 4.30. The number of benzene rings is 1. The molecule has 1 aromatic carbocycles. The Labute approximate surface area is 104 Å². The number of carbonyl (C=O) groups is 1. The van der Waals surface area contributed by atoms with Gasteiger partial charge in [0.2, 0.25) is 5.91 Å². The molecule has 0 heterocycles. The number of carbonyl (C=O) groups excluding carboxylic acids is 1. The van der Waals surface area contributed by atoms with E-state index in [9.17, 15) is 4.79 Å². The van der Waals surface area contributed by atoms with Crippen molar-refractivity contribution in [3.05, 3.63) is 47.0 Å². The summed E-state index contributed by atoms with van der Waals surface area (Å²) in [5, 5.41) is 2.91. The Kier molecular flexibility index (Phi) is 5.47. The third kappa shape index (κ3) is 4.85. The first kappa shape index (κ1) is 13.5. The van der Waals surface area contributed by atoms with Gasteiger partial charge < -0.3 is 5.32 Å². The fourth-order valence-corrected chi connectivity index (χ4v) is 1.62. The molecule has 0 radical (unpaired) electrons. The Morgan fingerprint density at radius 1 is 1.29 bits per heavy atom. The SMILES string of the molecule is C/C=C/CCNC(=O)Cc1ccc(C)c(C)c1. The molecule has 2 heteroatoms. The minimum atomic E-state index is 0.0951. The number of nitrogens with one attached hydrogen (secondary N) is 1. The van der Waals surface area contributed by atoms with Gasteiger partial charge >= 0.3 is 0 Å². The molecule has 1 rings (SSSR count). The van der Waals surface area contributed by atoms with E-state index in [0.717, 1.165) is 12.0 Å². The molecule has 0 aliphatic heterocycles. The third-order valence-electron chi connectivity index (χ3n) is 2.80. The maximum atomic E-state index is 11.6. The van der Waals surface area contributed by atoms with Crippen molar-refractivity contribution in [3.63, 3.8) is 0 Å². The maximum Gasteiger partial charge on any atom is 0.224 e. The lowest BCUT2D eigenvalue weighted by atomic mass is 10.0. The van der Waals surface area contributed by atoms with Crippen molar-refractivity contribution in [2.24, 2.45) is 0 Å². The van der Waals surface area contributed by atoms with Crippen LogP contribution in [0.15, 0.2) is 30.4 Å². The molecule has 1 aromatic rings. The summed E-state index contributed by atoms with van der Waals surface area (Å²) in [6.45, 7) is 6.85. The van der Waals surface area contributed by atoms with Gasteiger partial charge in [-0.25, -0.2) is 0 Å². The largest absolute Gasteiger partial charge is 0.356 e. The number of amides is 1. The molecule has 0 bridgehead atoms. The van der Waals surface area contributed by atoms with Crippen LogP contribution < -0.4 is 5.32 Å². The van der Waals surface area contributed by atoms with Gasteiger partial charge in [0, 0.05) is 6.54 Å². The zero-order chi connectivity index (χ0) is 12.7. The molecular weight excluding hydrogens is 210 g/mol. The molecule has 2 nitrogen and oxygen atoms in total. The van der Waals surface area contributed by atoms with Crippen LogP contribution in [0.1, 0.15) is 30.0 Å². The Morgan fingerprint density at radius 3 is 2.71 bits per heavy atom. The summed E-state index contributed by atoms with van der Waals surface area (Å²) in [6.07, 6.45) is 5.41. The van der Waals surface area contributed by atoms with Gasteiger partial charge in [-0.3, -0.25) is 4.79 Å². The predicted octanol–water partition coefficient (Wildman–Crippen LogP) is 2.93. The molecule has 1 amide bonds. The third-order valence-corrected chi connectivity index (χ3v) is 2.80. The lowest BCUT2D eigenvalue weighted by Gasteiger charge is -2.06. The van der Waals surface area contributed by atoms with Crippen molar-refractivity contribution < 1.29 is 4.79 Å². The van der Waals surface area contributed by atoms with Gasteiger partial charge in [0.05, 0.1) is 6.42 Å². The van der Waals surface area contributed by atoms with E-state index in [4.69, 9.17) is 0 Å². The number of hydrogen-bond acceptors (Lipinski definition) is 1. The molecule has 92 valence electrons. The van der Waals surface area contributed by atoms with E-state index in [0.29, 0.717) is 13.0 Å². The van der Waals surface area contributed by atoms with Gasteiger partial charge in [-0.2, -0.15) is 0 Å². The van der Waals surface area contributed by atoms with Crippen molar-refractivity contribution in [3.8, 4) is 0 Å². The van der Waals surface area contributed by atoms with Crippen LogP contribution in [0.2, 0.25) is 0 Å². The molecule has 0 fully saturated rings. The van der Waals surface area contributed by atoms with E-state index in [2.05, 4.69) is 37.4 Å². The van der Waals surface area contributed by atoms with Crippen LogP contribution in [0, 0.1) is 13.8 Å². The molecule has 0 aromatic heterocycles. The van der Waals surface area contributed by atoms with Crippen molar-refractivity contribution in [1.82, 2.24) is 5.32 Å². The van der Waals surface area contributed by atoms with Crippen LogP contribution in [0.5, 0.6) is 0 Å². The minimum absolute atomic E-state index is 0.0951. The second-order valence-corrected chi connectivity index (χ2v) is 4.30. The number of hydrogen-bond donors (Lipinski definition) is 1. The predicted molar refractivity (Wildman–Crippen MR) is 72.1 cm³/mol. The van der Waals surface area contributed by atoms with Crippen LogP contribution in [0.4, 0.5) is 0 Å². The van der Waals surface area contributed by atoms with Crippen LogP contribution in [0.3, 0.4) is 0 Å². The van der Waals surface area contributed by atoms with Crippen LogP contribution in [-0.2, 0) is 11.2 Å². The normalized spacial score (nSPS) is 10.8.